The SMILES string of the molecule is CC(CCC=O)c1cc2c(F)cc(F)cc2n1C. The highest BCUT2D eigenvalue weighted by molar-refractivity contribution is 5.82. The molecule has 1 aromatic carbocycles. The minimum absolute atomic E-state index is 0.134. The summed E-state index contributed by atoms with van der Waals surface area (Å²) in [5.41, 5.74) is 1.46. The molecule has 0 amide bonds. The van der Waals surface area contributed by atoms with Gasteiger partial charge >= 0.3 is 0 Å². The molecular weight excluding hydrogens is 236 g/mol. The summed E-state index contributed by atoms with van der Waals surface area (Å²) in [6.45, 7) is 1.98. The summed E-state index contributed by atoms with van der Waals surface area (Å²) in [5, 5.41) is 0.423. The fourth-order valence-electron chi connectivity index (χ4n) is 2.31. The Hall–Kier alpha value is -1.71. The molecular formula is C14H15F2NO. The Bertz CT molecular complexity index is 589. The molecule has 1 unspecified atom stereocenters. The molecule has 0 aliphatic rings. The molecule has 1 heterocycles. The molecule has 2 aromatic rings. The molecule has 2 nitrogen and oxygen atoms in total. The van der Waals surface area contributed by atoms with Crippen molar-refractivity contribution in [3.63, 3.8) is 0 Å². The third-order valence-electron chi connectivity index (χ3n) is 3.34. The maximum Gasteiger partial charge on any atom is 0.135 e. The summed E-state index contributed by atoms with van der Waals surface area (Å²) < 4.78 is 28.6. The van der Waals surface area contributed by atoms with Gasteiger partial charge in [-0.25, -0.2) is 8.78 Å². The van der Waals surface area contributed by atoms with Gasteiger partial charge in [0.1, 0.15) is 17.9 Å². The molecule has 0 saturated heterocycles. The Morgan fingerprint density at radius 2 is 2.06 bits per heavy atom. The van der Waals surface area contributed by atoms with Crippen LogP contribution in [0.2, 0.25) is 0 Å². The third kappa shape index (κ3) is 2.15. The zero-order valence-corrected chi connectivity index (χ0v) is 10.4. The predicted molar refractivity (Wildman–Crippen MR) is 66.5 cm³/mol. The maximum atomic E-state index is 13.6. The number of rotatable bonds is 4. The Kier molecular flexibility index (Phi) is 3.45. The van der Waals surface area contributed by atoms with Crippen molar-refractivity contribution in [3.05, 3.63) is 35.5 Å². The van der Waals surface area contributed by atoms with Crippen LogP contribution in [-0.4, -0.2) is 10.9 Å². The van der Waals surface area contributed by atoms with E-state index in [2.05, 4.69) is 0 Å². The van der Waals surface area contributed by atoms with Crippen molar-refractivity contribution in [2.24, 2.45) is 7.05 Å². The van der Waals surface area contributed by atoms with Gasteiger partial charge in [-0.15, -0.1) is 0 Å². The van der Waals surface area contributed by atoms with E-state index in [4.69, 9.17) is 0 Å². The van der Waals surface area contributed by atoms with Gasteiger partial charge in [0, 0.05) is 30.6 Å². The van der Waals surface area contributed by atoms with E-state index in [1.165, 1.54) is 6.07 Å². The molecule has 0 radical (unpaired) electrons. The Morgan fingerprint density at radius 3 is 2.72 bits per heavy atom. The second-order valence-electron chi connectivity index (χ2n) is 4.59. The fraction of sp³-hybridized carbons (Fsp3) is 0.357. The average Bonchev–Trinajstić information content (AvgIpc) is 2.65. The van der Waals surface area contributed by atoms with Crippen molar-refractivity contribution in [1.29, 1.82) is 0 Å². The van der Waals surface area contributed by atoms with E-state index >= 15 is 0 Å². The fourth-order valence-corrected chi connectivity index (χ4v) is 2.31. The molecule has 2 rings (SSSR count). The van der Waals surface area contributed by atoms with Gasteiger partial charge in [-0.05, 0) is 24.5 Å². The lowest BCUT2D eigenvalue weighted by Crippen LogP contribution is -2.01. The number of carbonyl (C=O) groups excluding carboxylic acids is 1. The van der Waals surface area contributed by atoms with Crippen LogP contribution in [0.3, 0.4) is 0 Å². The second-order valence-corrected chi connectivity index (χ2v) is 4.59. The third-order valence-corrected chi connectivity index (χ3v) is 3.34. The van der Waals surface area contributed by atoms with Crippen LogP contribution < -0.4 is 0 Å². The summed E-state index contributed by atoms with van der Waals surface area (Å²) in [7, 11) is 1.79. The van der Waals surface area contributed by atoms with Gasteiger partial charge in [-0.3, -0.25) is 0 Å². The van der Waals surface area contributed by atoms with Gasteiger partial charge in [0.25, 0.3) is 0 Å². The first-order valence-electron chi connectivity index (χ1n) is 5.92. The van der Waals surface area contributed by atoms with Gasteiger partial charge in [0.05, 0.1) is 5.52 Å². The average molecular weight is 251 g/mol. The Morgan fingerprint density at radius 1 is 1.33 bits per heavy atom. The van der Waals surface area contributed by atoms with Gasteiger partial charge in [0.2, 0.25) is 0 Å². The van der Waals surface area contributed by atoms with E-state index in [9.17, 15) is 13.6 Å². The molecule has 4 heteroatoms. The number of nitrogens with zero attached hydrogens (tertiary/aromatic N) is 1. The minimum Gasteiger partial charge on any atom is -0.347 e. The Balaban J connectivity index is 2.50. The van der Waals surface area contributed by atoms with Crippen LogP contribution in [0.15, 0.2) is 18.2 Å². The predicted octanol–water partition coefficient (Wildman–Crippen LogP) is 3.54. The molecule has 0 aliphatic heterocycles. The number of hydrogen-bond acceptors (Lipinski definition) is 1. The number of aldehydes is 1. The van der Waals surface area contributed by atoms with E-state index in [1.807, 2.05) is 6.92 Å². The maximum absolute atomic E-state index is 13.6. The molecule has 0 N–H and O–H groups in total. The lowest BCUT2D eigenvalue weighted by molar-refractivity contribution is -0.108. The van der Waals surface area contributed by atoms with Crippen LogP contribution >= 0.6 is 0 Å². The van der Waals surface area contributed by atoms with Crippen molar-refractivity contribution in [3.8, 4) is 0 Å². The number of halogens is 2. The smallest absolute Gasteiger partial charge is 0.135 e. The molecule has 18 heavy (non-hydrogen) atoms. The number of aryl methyl sites for hydroxylation is 1. The van der Waals surface area contributed by atoms with E-state index in [0.29, 0.717) is 23.7 Å². The summed E-state index contributed by atoms with van der Waals surface area (Å²) in [6.07, 6.45) is 2.05. The van der Waals surface area contributed by atoms with E-state index in [1.54, 1.807) is 17.7 Å². The molecule has 0 saturated carbocycles. The highest BCUT2D eigenvalue weighted by Gasteiger charge is 2.15. The van der Waals surface area contributed by atoms with Gasteiger partial charge in [0.15, 0.2) is 0 Å². The standard InChI is InChI=1S/C14H15F2NO/c1-9(4-3-5-18)13-8-11-12(16)6-10(15)7-14(11)17(13)2/h5-9H,3-4H2,1-2H3. The molecule has 0 fully saturated rings. The largest absolute Gasteiger partial charge is 0.347 e. The first-order valence-corrected chi connectivity index (χ1v) is 5.92. The van der Waals surface area contributed by atoms with Crippen LogP contribution in [0.1, 0.15) is 31.4 Å². The topological polar surface area (TPSA) is 22.0 Å². The van der Waals surface area contributed by atoms with Crippen molar-refractivity contribution >= 4 is 17.2 Å². The van der Waals surface area contributed by atoms with Crippen molar-refractivity contribution in [1.82, 2.24) is 4.57 Å². The lowest BCUT2D eigenvalue weighted by Gasteiger charge is -2.11. The summed E-state index contributed by atoms with van der Waals surface area (Å²) >= 11 is 0. The molecule has 96 valence electrons. The van der Waals surface area contributed by atoms with Crippen LogP contribution in [-0.2, 0) is 11.8 Å². The van der Waals surface area contributed by atoms with E-state index < -0.39 is 11.6 Å². The van der Waals surface area contributed by atoms with Crippen molar-refractivity contribution < 1.29 is 13.6 Å². The number of fused-ring (bicyclic) bond motifs is 1. The zero-order valence-electron chi connectivity index (χ0n) is 10.4. The van der Waals surface area contributed by atoms with E-state index in [-0.39, 0.29) is 5.92 Å². The van der Waals surface area contributed by atoms with Crippen LogP contribution in [0.4, 0.5) is 8.78 Å². The van der Waals surface area contributed by atoms with Crippen LogP contribution in [0.5, 0.6) is 0 Å². The molecule has 0 aliphatic carbocycles. The van der Waals surface area contributed by atoms with Crippen LogP contribution in [0, 0.1) is 11.6 Å². The first kappa shape index (κ1) is 12.7. The zero-order chi connectivity index (χ0) is 13.3. The van der Waals surface area contributed by atoms with Crippen LogP contribution in [0.25, 0.3) is 10.9 Å². The van der Waals surface area contributed by atoms with Gasteiger partial charge in [-0.1, -0.05) is 6.92 Å². The van der Waals surface area contributed by atoms with Gasteiger partial charge in [-0.2, -0.15) is 0 Å². The van der Waals surface area contributed by atoms with Crippen molar-refractivity contribution in [2.75, 3.05) is 0 Å². The Labute approximate surface area is 104 Å². The highest BCUT2D eigenvalue weighted by atomic mass is 19.1. The van der Waals surface area contributed by atoms with E-state index in [0.717, 1.165) is 18.0 Å². The normalized spacial score (nSPS) is 12.9. The summed E-state index contributed by atoms with van der Waals surface area (Å²) in [4.78, 5) is 10.4. The second kappa shape index (κ2) is 4.88. The minimum atomic E-state index is -0.576. The quantitative estimate of drug-likeness (QED) is 0.762. The number of aromatic nitrogens is 1. The first-order chi connectivity index (χ1) is 8.54. The molecule has 0 spiro atoms. The molecule has 1 aromatic heterocycles. The summed E-state index contributed by atoms with van der Waals surface area (Å²) in [6, 6.07) is 3.95. The molecule has 1 atom stereocenters. The highest BCUT2D eigenvalue weighted by Crippen LogP contribution is 2.29. The molecule has 0 bridgehead atoms. The van der Waals surface area contributed by atoms with Gasteiger partial charge < -0.3 is 9.36 Å². The number of carbonyl (C=O) groups is 1. The number of benzene rings is 1. The number of hydrogen-bond donors (Lipinski definition) is 0. The lowest BCUT2D eigenvalue weighted by atomic mass is 10.0. The summed E-state index contributed by atoms with van der Waals surface area (Å²) in [5.74, 6) is -0.988. The van der Waals surface area contributed by atoms with Crippen molar-refractivity contribution in [2.45, 2.75) is 25.7 Å². The monoisotopic (exact) mass is 251 g/mol.